The zero-order valence-corrected chi connectivity index (χ0v) is 19.8. The molecule has 0 N–H and O–H groups in total. The highest BCUT2D eigenvalue weighted by Gasteiger charge is 2.39. The Morgan fingerprint density at radius 3 is 1.06 bits per heavy atom. The fourth-order valence-corrected chi connectivity index (χ4v) is 4.90. The number of aryl methyl sites for hydroxylation is 2. The van der Waals surface area contributed by atoms with Gasteiger partial charge in [0.25, 0.3) is 23.6 Å². The van der Waals surface area contributed by atoms with Gasteiger partial charge in [0, 0.05) is 57.3 Å². The third-order valence-electron chi connectivity index (χ3n) is 6.84. The van der Waals surface area contributed by atoms with E-state index in [0.717, 1.165) is 11.1 Å². The monoisotopic (exact) mass is 478 g/mol. The summed E-state index contributed by atoms with van der Waals surface area (Å²) in [6, 6.07) is 13.8. The normalized spacial score (nSPS) is 14.7. The van der Waals surface area contributed by atoms with Crippen LogP contribution in [0.5, 0.6) is 0 Å². The van der Waals surface area contributed by atoms with Gasteiger partial charge in [-0.05, 0) is 35.4 Å². The van der Waals surface area contributed by atoms with E-state index in [0.29, 0.717) is 33.0 Å². The second kappa shape index (κ2) is 7.91. The lowest BCUT2D eigenvalue weighted by atomic mass is 9.85. The maximum absolute atomic E-state index is 13.4. The van der Waals surface area contributed by atoms with Crippen LogP contribution in [-0.2, 0) is 27.2 Å². The summed E-state index contributed by atoms with van der Waals surface area (Å²) in [5, 5.41) is 0.757. The average Bonchev–Trinajstić information content (AvgIpc) is 2.88. The molecule has 0 saturated carbocycles. The van der Waals surface area contributed by atoms with Crippen molar-refractivity contribution in [1.82, 2.24) is 9.80 Å². The number of aromatic nitrogens is 2. The maximum atomic E-state index is 13.4. The number of rotatable bonds is 4. The zero-order valence-electron chi connectivity index (χ0n) is 19.8. The maximum Gasteiger partial charge on any atom is 0.261 e. The van der Waals surface area contributed by atoms with Gasteiger partial charge in [0.1, 0.15) is 14.1 Å². The predicted octanol–water partition coefficient (Wildman–Crippen LogP) is 2.08. The van der Waals surface area contributed by atoms with Crippen molar-refractivity contribution in [2.75, 3.05) is 0 Å². The minimum absolute atomic E-state index is 0.128. The van der Waals surface area contributed by atoms with Gasteiger partial charge in [-0.15, -0.1) is 0 Å². The van der Waals surface area contributed by atoms with Gasteiger partial charge >= 0.3 is 0 Å². The van der Waals surface area contributed by atoms with E-state index in [2.05, 4.69) is 0 Å². The van der Waals surface area contributed by atoms with Crippen LogP contribution in [-0.4, -0.2) is 33.4 Å². The van der Waals surface area contributed by atoms with E-state index in [1.165, 1.54) is 9.80 Å². The second-order valence-corrected chi connectivity index (χ2v) is 9.21. The number of benzene rings is 2. The topological polar surface area (TPSA) is 82.5 Å². The molecule has 6 rings (SSSR count). The molecule has 2 aromatic heterocycles. The van der Waals surface area contributed by atoms with E-state index < -0.39 is 23.6 Å². The Morgan fingerprint density at radius 2 is 0.778 bits per heavy atom. The standard InChI is InChI=1S/C28H22N4O4/c1-29-11-7-17(8-12-29)15-31-25(33)19-3-5-21-24-22(6-4-20(23(19)24)26(31)34)28(36)32(27(21)35)16-18-9-13-30(2)14-10-18/h3-14H,15-16H2,1-2H3/q+2. The molecule has 4 heterocycles. The molecule has 2 aliphatic rings. The summed E-state index contributed by atoms with van der Waals surface area (Å²) in [5.74, 6) is -1.76. The molecule has 0 bridgehead atoms. The van der Waals surface area contributed by atoms with Crippen LogP contribution in [0.15, 0.2) is 73.3 Å². The molecular formula is C28H22N4O4+2. The number of carbonyl (C=O) groups excluding carboxylic acids is 4. The minimum Gasteiger partial charge on any atom is -0.270 e. The molecule has 0 saturated heterocycles. The SMILES string of the molecule is C[n+]1ccc(CN2C(=O)c3ccc4c5c(ccc(c35)C2=O)C(=O)N(Cc2cc[n+](C)cc2)C4=O)cc1. The Labute approximate surface area is 206 Å². The van der Waals surface area contributed by atoms with Gasteiger partial charge in [-0.25, -0.2) is 9.13 Å². The quantitative estimate of drug-likeness (QED) is 0.332. The summed E-state index contributed by atoms with van der Waals surface area (Å²) >= 11 is 0. The fraction of sp³-hybridized carbons (Fsp3) is 0.143. The van der Waals surface area contributed by atoms with E-state index in [9.17, 15) is 19.2 Å². The Morgan fingerprint density at radius 1 is 0.500 bits per heavy atom. The Balaban J connectivity index is 1.42. The molecule has 8 heteroatoms. The van der Waals surface area contributed by atoms with E-state index in [-0.39, 0.29) is 13.1 Å². The molecule has 176 valence electrons. The average molecular weight is 479 g/mol. The van der Waals surface area contributed by atoms with E-state index in [1.807, 2.05) is 72.3 Å². The third-order valence-corrected chi connectivity index (χ3v) is 6.84. The number of nitrogens with zero attached hydrogens (tertiary/aromatic N) is 4. The molecule has 36 heavy (non-hydrogen) atoms. The molecule has 2 aliphatic heterocycles. The van der Waals surface area contributed by atoms with Gasteiger partial charge in [0.15, 0.2) is 24.8 Å². The highest BCUT2D eigenvalue weighted by Crippen LogP contribution is 2.38. The molecular weight excluding hydrogens is 456 g/mol. The van der Waals surface area contributed by atoms with Gasteiger partial charge < -0.3 is 0 Å². The molecule has 4 aromatic rings. The molecule has 0 aliphatic carbocycles. The first kappa shape index (κ1) is 21.8. The van der Waals surface area contributed by atoms with Crippen LogP contribution in [0.25, 0.3) is 10.8 Å². The molecule has 0 fully saturated rings. The van der Waals surface area contributed by atoms with Crippen LogP contribution >= 0.6 is 0 Å². The summed E-state index contributed by atoms with van der Waals surface area (Å²) in [6.07, 6.45) is 7.41. The van der Waals surface area contributed by atoms with Crippen molar-refractivity contribution in [2.45, 2.75) is 13.1 Å². The number of pyridine rings is 2. The number of amides is 4. The molecule has 0 spiro atoms. The van der Waals surface area contributed by atoms with Crippen molar-refractivity contribution < 1.29 is 28.3 Å². The van der Waals surface area contributed by atoms with E-state index in [1.54, 1.807) is 24.3 Å². The summed E-state index contributed by atoms with van der Waals surface area (Å²) in [5.41, 5.74) is 2.90. The van der Waals surface area contributed by atoms with Crippen LogP contribution in [0.1, 0.15) is 52.6 Å². The lowest BCUT2D eigenvalue weighted by molar-refractivity contribution is -0.671. The number of carbonyl (C=O) groups is 4. The van der Waals surface area contributed by atoms with Crippen molar-refractivity contribution >= 4 is 34.4 Å². The first-order chi connectivity index (χ1) is 17.3. The van der Waals surface area contributed by atoms with Crippen LogP contribution in [0.2, 0.25) is 0 Å². The van der Waals surface area contributed by atoms with Crippen LogP contribution in [0.3, 0.4) is 0 Å². The Kier molecular flexibility index (Phi) is 4.79. The van der Waals surface area contributed by atoms with Gasteiger partial charge in [0.2, 0.25) is 0 Å². The molecule has 0 radical (unpaired) electrons. The van der Waals surface area contributed by atoms with Crippen molar-refractivity contribution in [2.24, 2.45) is 14.1 Å². The van der Waals surface area contributed by atoms with Gasteiger partial charge in [-0.1, -0.05) is 0 Å². The number of hydrogen-bond acceptors (Lipinski definition) is 4. The lowest BCUT2D eigenvalue weighted by Gasteiger charge is -2.31. The summed E-state index contributed by atoms with van der Waals surface area (Å²) in [7, 11) is 3.78. The fourth-order valence-electron chi connectivity index (χ4n) is 4.90. The first-order valence-electron chi connectivity index (χ1n) is 11.5. The zero-order chi connectivity index (χ0) is 25.1. The minimum atomic E-state index is -0.441. The van der Waals surface area contributed by atoms with E-state index in [4.69, 9.17) is 0 Å². The highest BCUT2D eigenvalue weighted by molar-refractivity contribution is 6.33. The first-order valence-corrected chi connectivity index (χ1v) is 11.5. The Hall–Kier alpha value is -4.72. The molecule has 0 atom stereocenters. The van der Waals surface area contributed by atoms with Crippen molar-refractivity contribution in [3.8, 4) is 0 Å². The van der Waals surface area contributed by atoms with Crippen LogP contribution in [0.4, 0.5) is 0 Å². The van der Waals surface area contributed by atoms with Gasteiger partial charge in [-0.2, -0.15) is 0 Å². The molecule has 0 unspecified atom stereocenters. The smallest absolute Gasteiger partial charge is 0.261 e. The largest absolute Gasteiger partial charge is 0.270 e. The van der Waals surface area contributed by atoms with Gasteiger partial charge in [0.05, 0.1) is 13.1 Å². The van der Waals surface area contributed by atoms with Crippen LogP contribution < -0.4 is 9.13 Å². The summed E-state index contributed by atoms with van der Waals surface area (Å²) in [4.78, 5) is 56.1. The van der Waals surface area contributed by atoms with Gasteiger partial charge in [-0.3, -0.25) is 29.0 Å². The number of imide groups is 2. The number of hydrogen-bond donors (Lipinski definition) is 0. The summed E-state index contributed by atoms with van der Waals surface area (Å²) in [6.45, 7) is 0.257. The molecule has 8 nitrogen and oxygen atoms in total. The molecule has 2 aromatic carbocycles. The lowest BCUT2D eigenvalue weighted by Crippen LogP contribution is -2.42. The van der Waals surface area contributed by atoms with Crippen molar-refractivity contribution in [1.29, 1.82) is 0 Å². The third kappa shape index (κ3) is 3.22. The Bertz CT molecular complexity index is 1430. The second-order valence-electron chi connectivity index (χ2n) is 9.21. The van der Waals surface area contributed by atoms with E-state index >= 15 is 0 Å². The highest BCUT2D eigenvalue weighted by atomic mass is 16.2. The summed E-state index contributed by atoms with van der Waals surface area (Å²) < 4.78 is 3.74. The van der Waals surface area contributed by atoms with Crippen molar-refractivity contribution in [3.63, 3.8) is 0 Å². The van der Waals surface area contributed by atoms with Crippen LogP contribution in [0, 0.1) is 0 Å². The van der Waals surface area contributed by atoms with Crippen molar-refractivity contribution in [3.05, 3.63) is 107 Å². The predicted molar refractivity (Wildman–Crippen MR) is 128 cm³/mol. The molecule has 4 amide bonds.